The summed E-state index contributed by atoms with van der Waals surface area (Å²) in [5, 5.41) is 0.610. The fraction of sp³-hybridized carbons (Fsp3) is 0.174. The summed E-state index contributed by atoms with van der Waals surface area (Å²) in [7, 11) is -2.07. The van der Waals surface area contributed by atoms with Crippen LogP contribution >= 0.6 is 11.6 Å². The van der Waals surface area contributed by atoms with Crippen molar-refractivity contribution in [1.29, 1.82) is 0 Å². The molecule has 0 radical (unpaired) electrons. The van der Waals surface area contributed by atoms with E-state index in [0.29, 0.717) is 22.8 Å². The van der Waals surface area contributed by atoms with Gasteiger partial charge in [0, 0.05) is 24.2 Å². The summed E-state index contributed by atoms with van der Waals surface area (Å²) in [5.41, 5.74) is 3.73. The molecule has 0 aliphatic rings. The zero-order chi connectivity index (χ0) is 21.9. The van der Waals surface area contributed by atoms with Gasteiger partial charge in [-0.15, -0.1) is 0 Å². The first-order valence-electron chi connectivity index (χ1n) is 9.36. The lowest BCUT2D eigenvalue weighted by molar-refractivity contribution is 0.0785. The highest BCUT2D eigenvalue weighted by atomic mass is 35.5. The van der Waals surface area contributed by atoms with Crippen LogP contribution in [0.15, 0.2) is 71.6 Å². The third-order valence-electron chi connectivity index (χ3n) is 4.92. The summed E-state index contributed by atoms with van der Waals surface area (Å²) in [5.74, 6) is -0.207. The maximum Gasteiger partial charge on any atom is 0.261 e. The van der Waals surface area contributed by atoms with Gasteiger partial charge >= 0.3 is 0 Å². The Hall–Kier alpha value is -2.83. The van der Waals surface area contributed by atoms with Gasteiger partial charge in [0.05, 0.1) is 10.6 Å². The van der Waals surface area contributed by atoms with E-state index < -0.39 is 10.0 Å². The van der Waals surface area contributed by atoms with Gasteiger partial charge in [-0.2, -0.15) is 0 Å². The van der Waals surface area contributed by atoms with Gasteiger partial charge in [0.25, 0.3) is 15.9 Å². The third kappa shape index (κ3) is 5.01. The standard InChI is InChI=1S/C23H23ClN2O3S/c1-16-6-4-9-22(17(16)2)25-30(28,29)21-12-10-19(11-13-21)23(27)26(3)15-18-7-5-8-20(24)14-18/h4-14,25H,15H2,1-3H3. The van der Waals surface area contributed by atoms with Crippen LogP contribution in [0.25, 0.3) is 0 Å². The first kappa shape index (κ1) is 21.9. The number of hydrogen-bond acceptors (Lipinski definition) is 3. The first-order chi connectivity index (χ1) is 14.2. The molecule has 0 unspecified atom stereocenters. The number of carbonyl (C=O) groups excluding carboxylic acids is 1. The number of aryl methyl sites for hydroxylation is 1. The fourth-order valence-electron chi connectivity index (χ4n) is 3.04. The van der Waals surface area contributed by atoms with Crippen molar-refractivity contribution in [2.75, 3.05) is 11.8 Å². The molecule has 0 fully saturated rings. The summed E-state index contributed by atoms with van der Waals surface area (Å²) < 4.78 is 28.1. The third-order valence-corrected chi connectivity index (χ3v) is 6.53. The van der Waals surface area contributed by atoms with Crippen molar-refractivity contribution in [3.05, 3.63) is 94.0 Å². The van der Waals surface area contributed by atoms with Gasteiger partial charge in [0.1, 0.15) is 0 Å². The summed E-state index contributed by atoms with van der Waals surface area (Å²) in [4.78, 5) is 14.3. The van der Waals surface area contributed by atoms with E-state index >= 15 is 0 Å². The van der Waals surface area contributed by atoms with E-state index in [1.807, 2.05) is 32.0 Å². The summed E-state index contributed by atoms with van der Waals surface area (Å²) in [6.45, 7) is 4.19. The molecule has 1 amide bonds. The number of benzene rings is 3. The molecule has 0 aliphatic heterocycles. The number of halogens is 1. The molecule has 5 nitrogen and oxygen atoms in total. The molecular formula is C23H23ClN2O3S. The van der Waals surface area contributed by atoms with E-state index in [9.17, 15) is 13.2 Å². The van der Waals surface area contributed by atoms with Gasteiger partial charge in [-0.1, -0.05) is 35.9 Å². The Balaban J connectivity index is 1.74. The van der Waals surface area contributed by atoms with E-state index in [1.165, 1.54) is 24.3 Å². The van der Waals surface area contributed by atoms with Gasteiger partial charge in [-0.05, 0) is 73.0 Å². The van der Waals surface area contributed by atoms with E-state index in [4.69, 9.17) is 11.6 Å². The molecule has 3 aromatic carbocycles. The molecule has 0 aliphatic carbocycles. The van der Waals surface area contributed by atoms with Gasteiger partial charge in [0.15, 0.2) is 0 Å². The quantitative estimate of drug-likeness (QED) is 0.582. The van der Waals surface area contributed by atoms with Gasteiger partial charge < -0.3 is 4.90 Å². The van der Waals surface area contributed by atoms with Crippen LogP contribution in [0.2, 0.25) is 5.02 Å². The highest BCUT2D eigenvalue weighted by Crippen LogP contribution is 2.22. The molecule has 156 valence electrons. The van der Waals surface area contributed by atoms with Crippen LogP contribution in [0.3, 0.4) is 0 Å². The van der Waals surface area contributed by atoms with Crippen molar-refractivity contribution in [2.45, 2.75) is 25.3 Å². The lowest BCUT2D eigenvalue weighted by Gasteiger charge is -2.18. The van der Waals surface area contributed by atoms with Crippen LogP contribution in [-0.4, -0.2) is 26.3 Å². The van der Waals surface area contributed by atoms with Crippen molar-refractivity contribution >= 4 is 33.2 Å². The molecule has 0 atom stereocenters. The second-order valence-corrected chi connectivity index (χ2v) is 9.29. The Morgan fingerprint density at radius 1 is 1.00 bits per heavy atom. The van der Waals surface area contributed by atoms with Crippen LogP contribution in [0.1, 0.15) is 27.0 Å². The molecule has 0 saturated heterocycles. The first-order valence-corrected chi connectivity index (χ1v) is 11.2. The van der Waals surface area contributed by atoms with Crippen LogP contribution in [0.4, 0.5) is 5.69 Å². The number of amides is 1. The zero-order valence-corrected chi connectivity index (χ0v) is 18.6. The smallest absolute Gasteiger partial charge is 0.261 e. The molecule has 0 heterocycles. The Bertz CT molecular complexity index is 1180. The van der Waals surface area contributed by atoms with E-state index in [0.717, 1.165) is 16.7 Å². The molecule has 3 aromatic rings. The van der Waals surface area contributed by atoms with Gasteiger partial charge in [-0.25, -0.2) is 8.42 Å². The summed E-state index contributed by atoms with van der Waals surface area (Å²) in [6.07, 6.45) is 0. The monoisotopic (exact) mass is 442 g/mol. The highest BCUT2D eigenvalue weighted by Gasteiger charge is 2.18. The number of sulfonamides is 1. The van der Waals surface area contributed by atoms with Crippen molar-refractivity contribution in [2.24, 2.45) is 0 Å². The van der Waals surface area contributed by atoms with E-state index in [1.54, 1.807) is 36.2 Å². The second kappa shape index (κ2) is 8.90. The molecule has 30 heavy (non-hydrogen) atoms. The molecule has 3 rings (SSSR count). The second-order valence-electron chi connectivity index (χ2n) is 7.17. The lowest BCUT2D eigenvalue weighted by Crippen LogP contribution is -2.26. The number of anilines is 1. The largest absolute Gasteiger partial charge is 0.337 e. The van der Waals surface area contributed by atoms with Crippen LogP contribution in [0, 0.1) is 13.8 Å². The Labute approximate surface area is 182 Å². The molecule has 7 heteroatoms. The predicted molar refractivity (Wildman–Crippen MR) is 120 cm³/mol. The van der Waals surface area contributed by atoms with Crippen molar-refractivity contribution < 1.29 is 13.2 Å². The normalized spacial score (nSPS) is 11.2. The maximum atomic E-state index is 12.7. The number of nitrogens with zero attached hydrogens (tertiary/aromatic N) is 1. The number of nitrogens with one attached hydrogen (secondary N) is 1. The summed E-state index contributed by atoms with van der Waals surface area (Å²) >= 11 is 6.00. The minimum absolute atomic E-state index is 0.0949. The number of hydrogen-bond donors (Lipinski definition) is 1. The Morgan fingerprint density at radius 3 is 2.33 bits per heavy atom. The zero-order valence-electron chi connectivity index (χ0n) is 17.0. The van der Waals surface area contributed by atoms with Crippen LogP contribution in [-0.2, 0) is 16.6 Å². The molecular weight excluding hydrogens is 420 g/mol. The predicted octanol–water partition coefficient (Wildman–Crippen LogP) is 5.03. The summed E-state index contributed by atoms with van der Waals surface area (Å²) in [6, 6.07) is 18.7. The fourth-order valence-corrected chi connectivity index (χ4v) is 4.38. The molecule has 0 saturated carbocycles. The molecule has 0 aromatic heterocycles. The lowest BCUT2D eigenvalue weighted by atomic mass is 10.1. The Morgan fingerprint density at radius 2 is 1.67 bits per heavy atom. The van der Waals surface area contributed by atoms with Crippen molar-refractivity contribution in [1.82, 2.24) is 4.90 Å². The van der Waals surface area contributed by atoms with E-state index in [-0.39, 0.29) is 10.8 Å². The topological polar surface area (TPSA) is 66.5 Å². The molecule has 0 spiro atoms. The minimum Gasteiger partial charge on any atom is -0.337 e. The molecule has 1 N–H and O–H groups in total. The van der Waals surface area contributed by atoms with Crippen molar-refractivity contribution in [3.63, 3.8) is 0 Å². The van der Waals surface area contributed by atoms with Gasteiger partial charge in [0.2, 0.25) is 0 Å². The average Bonchev–Trinajstić information content (AvgIpc) is 2.71. The minimum atomic E-state index is -3.76. The van der Waals surface area contributed by atoms with Gasteiger partial charge in [-0.3, -0.25) is 9.52 Å². The maximum absolute atomic E-state index is 12.7. The molecule has 0 bridgehead atoms. The number of carbonyl (C=O) groups is 1. The van der Waals surface area contributed by atoms with Crippen molar-refractivity contribution in [3.8, 4) is 0 Å². The van der Waals surface area contributed by atoms with Crippen LogP contribution < -0.4 is 4.72 Å². The average molecular weight is 443 g/mol. The van der Waals surface area contributed by atoms with E-state index in [2.05, 4.69) is 4.72 Å². The Kier molecular flexibility index (Phi) is 6.48. The SMILES string of the molecule is Cc1cccc(NS(=O)(=O)c2ccc(C(=O)N(C)Cc3cccc(Cl)c3)cc2)c1C. The highest BCUT2D eigenvalue weighted by molar-refractivity contribution is 7.92. The van der Waals surface area contributed by atoms with Crippen LogP contribution in [0.5, 0.6) is 0 Å². The number of rotatable bonds is 6.